The van der Waals surface area contributed by atoms with Crippen LogP contribution in [0.25, 0.3) is 10.8 Å². The molecule has 0 atom stereocenters. The first-order valence-electron chi connectivity index (χ1n) is 11.9. The van der Waals surface area contributed by atoms with Crippen LogP contribution < -0.4 is 9.80 Å². The minimum absolute atomic E-state index is 0.197. The maximum Gasteiger partial charge on any atom is 0.227 e. The number of carbonyl (C=O) groups excluding carboxylic acids is 1. The van der Waals surface area contributed by atoms with E-state index >= 15 is 0 Å². The normalized spacial score (nSPS) is 17.6. The third kappa shape index (κ3) is 4.78. The topological polar surface area (TPSA) is 55.8 Å². The van der Waals surface area contributed by atoms with Gasteiger partial charge in [0.2, 0.25) is 5.91 Å². The number of nitrogens with zero attached hydrogens (tertiary/aromatic N) is 6. The Morgan fingerprint density at radius 1 is 0.818 bits per heavy atom. The van der Waals surface area contributed by atoms with Gasteiger partial charge in [-0.25, -0.2) is 9.97 Å². The van der Waals surface area contributed by atoms with Crippen molar-refractivity contribution < 1.29 is 4.79 Å². The van der Waals surface area contributed by atoms with Gasteiger partial charge in [0.1, 0.15) is 17.5 Å². The van der Waals surface area contributed by atoms with Gasteiger partial charge in [0, 0.05) is 58.4 Å². The van der Waals surface area contributed by atoms with E-state index in [1.54, 1.807) is 0 Å². The number of fused-ring (bicyclic) bond motifs is 1. The molecular formula is C26H32N6O. The zero-order valence-corrected chi connectivity index (χ0v) is 19.6. The van der Waals surface area contributed by atoms with Gasteiger partial charge >= 0.3 is 0 Å². The quantitative estimate of drug-likeness (QED) is 0.617. The summed E-state index contributed by atoms with van der Waals surface area (Å²) in [5.74, 6) is 2.98. The third-order valence-electron chi connectivity index (χ3n) is 6.82. The van der Waals surface area contributed by atoms with Crippen LogP contribution in [0, 0.1) is 6.92 Å². The molecule has 2 aromatic carbocycles. The number of anilines is 2. The van der Waals surface area contributed by atoms with Gasteiger partial charge in [0.15, 0.2) is 0 Å². The molecular weight excluding hydrogens is 412 g/mol. The average molecular weight is 445 g/mol. The van der Waals surface area contributed by atoms with E-state index in [2.05, 4.69) is 52.1 Å². The van der Waals surface area contributed by atoms with Gasteiger partial charge in [-0.05, 0) is 30.3 Å². The largest absolute Gasteiger partial charge is 0.354 e. The molecule has 0 unspecified atom stereocenters. The van der Waals surface area contributed by atoms with Crippen LogP contribution in [0.1, 0.15) is 11.4 Å². The number of amides is 1. The van der Waals surface area contributed by atoms with Crippen molar-refractivity contribution in [3.63, 3.8) is 0 Å². The Morgan fingerprint density at radius 2 is 1.42 bits per heavy atom. The van der Waals surface area contributed by atoms with E-state index in [1.165, 1.54) is 10.8 Å². The molecule has 7 nitrogen and oxygen atoms in total. The summed E-state index contributed by atoms with van der Waals surface area (Å²) in [5.41, 5.74) is 1.10. The number of piperazine rings is 2. The smallest absolute Gasteiger partial charge is 0.227 e. The van der Waals surface area contributed by atoms with E-state index in [4.69, 9.17) is 9.97 Å². The number of aryl methyl sites for hydroxylation is 1. The van der Waals surface area contributed by atoms with Crippen LogP contribution in [-0.4, -0.2) is 85.1 Å². The maximum atomic E-state index is 13.1. The molecule has 0 saturated carbocycles. The number of benzene rings is 2. The lowest BCUT2D eigenvalue weighted by molar-refractivity contribution is -0.130. The van der Waals surface area contributed by atoms with Crippen molar-refractivity contribution in [3.05, 3.63) is 59.9 Å². The zero-order chi connectivity index (χ0) is 22.8. The molecule has 3 aromatic rings. The predicted octanol–water partition coefficient (Wildman–Crippen LogP) is 2.58. The Hall–Kier alpha value is -3.19. The average Bonchev–Trinajstić information content (AvgIpc) is 2.84. The summed E-state index contributed by atoms with van der Waals surface area (Å²) in [4.78, 5) is 31.5. The molecule has 0 aliphatic carbocycles. The molecule has 1 amide bonds. The summed E-state index contributed by atoms with van der Waals surface area (Å²) in [5, 5.41) is 2.35. The molecule has 0 spiro atoms. The second-order valence-electron chi connectivity index (χ2n) is 9.10. The number of aromatic nitrogens is 2. The van der Waals surface area contributed by atoms with Crippen LogP contribution >= 0.6 is 0 Å². The minimum Gasteiger partial charge on any atom is -0.354 e. The van der Waals surface area contributed by atoms with Gasteiger partial charge in [-0.15, -0.1) is 0 Å². The van der Waals surface area contributed by atoms with Crippen molar-refractivity contribution in [2.75, 3.05) is 69.2 Å². The summed E-state index contributed by atoms with van der Waals surface area (Å²) in [6.45, 7) is 9.07. The summed E-state index contributed by atoms with van der Waals surface area (Å²) < 4.78 is 0. The molecule has 2 aliphatic rings. The van der Waals surface area contributed by atoms with Crippen molar-refractivity contribution in [1.82, 2.24) is 19.8 Å². The van der Waals surface area contributed by atoms with Crippen molar-refractivity contribution in [2.45, 2.75) is 13.3 Å². The molecule has 172 valence electrons. The second kappa shape index (κ2) is 9.35. The van der Waals surface area contributed by atoms with Crippen molar-refractivity contribution in [1.29, 1.82) is 0 Å². The molecule has 7 heteroatoms. The SMILES string of the molecule is Cc1nc(N2CCN(C)CC2)cc(N2CCN(C(=O)Cc3cccc4ccccc34)CC2)n1. The number of hydrogen-bond donors (Lipinski definition) is 0. The van der Waals surface area contributed by atoms with E-state index in [0.717, 1.165) is 75.4 Å². The Morgan fingerprint density at radius 3 is 2.12 bits per heavy atom. The highest BCUT2D eigenvalue weighted by atomic mass is 16.2. The zero-order valence-electron chi connectivity index (χ0n) is 19.6. The van der Waals surface area contributed by atoms with Gasteiger partial charge in [-0.2, -0.15) is 0 Å². The van der Waals surface area contributed by atoms with E-state index in [9.17, 15) is 4.79 Å². The molecule has 0 bridgehead atoms. The van der Waals surface area contributed by atoms with Crippen LogP contribution in [-0.2, 0) is 11.2 Å². The summed E-state index contributed by atoms with van der Waals surface area (Å²) in [6.07, 6.45) is 0.446. The Balaban J connectivity index is 1.23. The van der Waals surface area contributed by atoms with Crippen LogP contribution in [0.3, 0.4) is 0 Å². The maximum absolute atomic E-state index is 13.1. The fourth-order valence-corrected chi connectivity index (χ4v) is 4.80. The molecule has 1 aromatic heterocycles. The fourth-order valence-electron chi connectivity index (χ4n) is 4.80. The first kappa shape index (κ1) is 21.6. The first-order chi connectivity index (χ1) is 16.1. The Labute approximate surface area is 195 Å². The lowest BCUT2D eigenvalue weighted by Crippen LogP contribution is -2.49. The molecule has 2 aliphatic heterocycles. The predicted molar refractivity (Wildman–Crippen MR) is 133 cm³/mol. The van der Waals surface area contributed by atoms with Crippen LogP contribution in [0.4, 0.5) is 11.6 Å². The molecule has 2 saturated heterocycles. The highest BCUT2D eigenvalue weighted by molar-refractivity contribution is 5.90. The van der Waals surface area contributed by atoms with Crippen molar-refractivity contribution in [2.24, 2.45) is 0 Å². The molecule has 5 rings (SSSR count). The van der Waals surface area contributed by atoms with E-state index in [0.29, 0.717) is 6.42 Å². The van der Waals surface area contributed by atoms with Crippen LogP contribution in [0.2, 0.25) is 0 Å². The molecule has 0 radical (unpaired) electrons. The summed E-state index contributed by atoms with van der Waals surface area (Å²) in [7, 11) is 2.16. The number of likely N-dealkylation sites (N-methyl/N-ethyl adjacent to an activating group) is 1. The van der Waals surface area contributed by atoms with Gasteiger partial charge in [-0.3, -0.25) is 4.79 Å². The lowest BCUT2D eigenvalue weighted by atomic mass is 10.0. The monoisotopic (exact) mass is 444 g/mol. The lowest BCUT2D eigenvalue weighted by Gasteiger charge is -2.37. The van der Waals surface area contributed by atoms with Crippen molar-refractivity contribution >= 4 is 28.3 Å². The number of carbonyl (C=O) groups is 1. The number of hydrogen-bond acceptors (Lipinski definition) is 6. The summed E-state index contributed by atoms with van der Waals surface area (Å²) >= 11 is 0. The number of rotatable bonds is 4. The standard InChI is InChI=1S/C26H32N6O/c1-20-27-24(30-12-10-29(2)11-13-30)19-25(28-20)31-14-16-32(17-15-31)26(33)18-22-8-5-7-21-6-3-4-9-23(21)22/h3-9,19H,10-18H2,1-2H3. The Kier molecular flexibility index (Phi) is 6.13. The fraction of sp³-hybridized carbons (Fsp3) is 0.423. The van der Waals surface area contributed by atoms with E-state index < -0.39 is 0 Å². The molecule has 2 fully saturated rings. The van der Waals surface area contributed by atoms with E-state index in [1.807, 2.05) is 30.0 Å². The van der Waals surface area contributed by atoms with Crippen LogP contribution in [0.15, 0.2) is 48.5 Å². The minimum atomic E-state index is 0.197. The first-order valence-corrected chi connectivity index (χ1v) is 11.9. The van der Waals surface area contributed by atoms with E-state index in [-0.39, 0.29) is 5.91 Å². The molecule has 33 heavy (non-hydrogen) atoms. The van der Waals surface area contributed by atoms with Gasteiger partial charge in [-0.1, -0.05) is 42.5 Å². The van der Waals surface area contributed by atoms with Gasteiger partial charge in [0.25, 0.3) is 0 Å². The van der Waals surface area contributed by atoms with Crippen molar-refractivity contribution in [3.8, 4) is 0 Å². The summed E-state index contributed by atoms with van der Waals surface area (Å²) in [6, 6.07) is 16.6. The molecule has 3 heterocycles. The highest BCUT2D eigenvalue weighted by Crippen LogP contribution is 2.23. The highest BCUT2D eigenvalue weighted by Gasteiger charge is 2.24. The second-order valence-corrected chi connectivity index (χ2v) is 9.10. The van der Waals surface area contributed by atoms with Gasteiger partial charge < -0.3 is 19.6 Å². The van der Waals surface area contributed by atoms with Crippen LogP contribution in [0.5, 0.6) is 0 Å². The Bertz CT molecular complexity index is 1130. The van der Waals surface area contributed by atoms with Gasteiger partial charge in [0.05, 0.1) is 6.42 Å². The third-order valence-corrected chi connectivity index (χ3v) is 6.82. The molecule has 0 N–H and O–H groups in total.